The molecule has 1 fully saturated rings. The highest BCUT2D eigenvalue weighted by Gasteiger charge is 2.25. The molecule has 1 heterocycles. The minimum absolute atomic E-state index is 0.130. The molecule has 1 amide bonds. The Morgan fingerprint density at radius 3 is 2.88 bits per heavy atom. The van der Waals surface area contributed by atoms with Crippen LogP contribution in [0.2, 0.25) is 0 Å². The molecule has 1 aromatic rings. The van der Waals surface area contributed by atoms with E-state index in [4.69, 9.17) is 5.21 Å². The van der Waals surface area contributed by atoms with E-state index in [0.717, 1.165) is 5.75 Å². The van der Waals surface area contributed by atoms with Crippen molar-refractivity contribution in [3.8, 4) is 0 Å². The standard InChI is InChI=1S/C11H12N2O2S/c14-11(8-4-2-1-3-5-8)12-9-6-16-7-10(9)13-15/h1-5,9,15H,6-7H2,(H,12,14)/b13-10-. The van der Waals surface area contributed by atoms with Crippen LogP contribution in [0.25, 0.3) is 0 Å². The summed E-state index contributed by atoms with van der Waals surface area (Å²) in [6.07, 6.45) is 0. The van der Waals surface area contributed by atoms with Crippen molar-refractivity contribution < 1.29 is 10.0 Å². The van der Waals surface area contributed by atoms with E-state index in [-0.39, 0.29) is 11.9 Å². The highest BCUT2D eigenvalue weighted by molar-refractivity contribution is 8.00. The second-order valence-electron chi connectivity index (χ2n) is 3.50. The van der Waals surface area contributed by atoms with Gasteiger partial charge in [-0.1, -0.05) is 23.4 Å². The Morgan fingerprint density at radius 1 is 1.44 bits per heavy atom. The van der Waals surface area contributed by atoms with E-state index >= 15 is 0 Å². The first-order chi connectivity index (χ1) is 7.81. The van der Waals surface area contributed by atoms with Crippen LogP contribution in [0.15, 0.2) is 35.5 Å². The Bertz CT molecular complexity index is 406. The second-order valence-corrected chi connectivity index (χ2v) is 4.53. The van der Waals surface area contributed by atoms with Crippen LogP contribution in [-0.4, -0.2) is 34.4 Å². The Morgan fingerprint density at radius 2 is 2.19 bits per heavy atom. The second kappa shape index (κ2) is 5.03. The van der Waals surface area contributed by atoms with Gasteiger partial charge in [-0.25, -0.2) is 0 Å². The molecule has 1 atom stereocenters. The largest absolute Gasteiger partial charge is 0.411 e. The highest BCUT2D eigenvalue weighted by atomic mass is 32.2. The molecule has 2 N–H and O–H groups in total. The number of thioether (sulfide) groups is 1. The fraction of sp³-hybridized carbons (Fsp3) is 0.273. The van der Waals surface area contributed by atoms with Gasteiger partial charge in [0.05, 0.1) is 11.8 Å². The number of hydrogen-bond donors (Lipinski definition) is 2. The maximum Gasteiger partial charge on any atom is 0.251 e. The quantitative estimate of drug-likeness (QED) is 0.602. The van der Waals surface area contributed by atoms with Crippen molar-refractivity contribution in [2.45, 2.75) is 6.04 Å². The number of nitrogens with zero attached hydrogens (tertiary/aromatic N) is 1. The summed E-state index contributed by atoms with van der Waals surface area (Å²) in [6.45, 7) is 0. The first-order valence-corrected chi connectivity index (χ1v) is 6.11. The molecule has 0 aromatic heterocycles. The number of rotatable bonds is 2. The van der Waals surface area contributed by atoms with Crippen LogP contribution in [0.5, 0.6) is 0 Å². The first kappa shape index (κ1) is 11.0. The number of amides is 1. The normalized spacial score (nSPS) is 22.2. The number of hydrogen-bond acceptors (Lipinski definition) is 4. The van der Waals surface area contributed by atoms with Gasteiger partial charge < -0.3 is 10.5 Å². The summed E-state index contributed by atoms with van der Waals surface area (Å²) in [4.78, 5) is 11.8. The molecule has 0 radical (unpaired) electrons. The number of carbonyl (C=O) groups is 1. The minimum Gasteiger partial charge on any atom is -0.411 e. The van der Waals surface area contributed by atoms with Gasteiger partial charge in [0.25, 0.3) is 5.91 Å². The average Bonchev–Trinajstić information content (AvgIpc) is 2.77. The third kappa shape index (κ3) is 2.36. The maximum absolute atomic E-state index is 11.8. The molecule has 16 heavy (non-hydrogen) atoms. The zero-order valence-electron chi connectivity index (χ0n) is 8.59. The zero-order chi connectivity index (χ0) is 11.4. The fourth-order valence-electron chi connectivity index (χ4n) is 1.53. The van der Waals surface area contributed by atoms with Gasteiger partial charge in [0.2, 0.25) is 0 Å². The number of benzene rings is 1. The summed E-state index contributed by atoms with van der Waals surface area (Å²) in [7, 11) is 0. The molecular formula is C11H12N2O2S. The lowest BCUT2D eigenvalue weighted by molar-refractivity contribution is 0.0949. The van der Waals surface area contributed by atoms with E-state index in [0.29, 0.717) is 17.0 Å². The lowest BCUT2D eigenvalue weighted by atomic mass is 10.2. The van der Waals surface area contributed by atoms with E-state index in [1.165, 1.54) is 0 Å². The number of oxime groups is 1. The molecule has 4 nitrogen and oxygen atoms in total. The molecule has 0 aliphatic carbocycles. The predicted octanol–water partition coefficient (Wildman–Crippen LogP) is 1.36. The Hall–Kier alpha value is -1.49. The van der Waals surface area contributed by atoms with Crippen molar-refractivity contribution in [3.05, 3.63) is 35.9 Å². The smallest absolute Gasteiger partial charge is 0.251 e. The average molecular weight is 236 g/mol. The third-order valence-corrected chi connectivity index (χ3v) is 3.48. The topological polar surface area (TPSA) is 61.7 Å². The monoisotopic (exact) mass is 236 g/mol. The van der Waals surface area contributed by atoms with Gasteiger partial charge in [0, 0.05) is 17.1 Å². The molecular weight excluding hydrogens is 224 g/mol. The van der Waals surface area contributed by atoms with Gasteiger partial charge in [0.15, 0.2) is 0 Å². The van der Waals surface area contributed by atoms with Gasteiger partial charge >= 0.3 is 0 Å². The van der Waals surface area contributed by atoms with E-state index in [9.17, 15) is 4.79 Å². The summed E-state index contributed by atoms with van der Waals surface area (Å²) in [6, 6.07) is 8.87. The van der Waals surface area contributed by atoms with Crippen LogP contribution in [0, 0.1) is 0 Å². The summed E-state index contributed by atoms with van der Waals surface area (Å²) >= 11 is 1.65. The molecule has 1 aromatic carbocycles. The highest BCUT2D eigenvalue weighted by Crippen LogP contribution is 2.15. The summed E-state index contributed by atoms with van der Waals surface area (Å²) in [5.41, 5.74) is 1.26. The molecule has 1 saturated heterocycles. The molecule has 1 aliphatic rings. The van der Waals surface area contributed by atoms with E-state index in [2.05, 4.69) is 10.5 Å². The van der Waals surface area contributed by atoms with E-state index in [1.54, 1.807) is 23.9 Å². The van der Waals surface area contributed by atoms with Crippen molar-refractivity contribution in [1.29, 1.82) is 0 Å². The predicted molar refractivity (Wildman–Crippen MR) is 64.2 cm³/mol. The van der Waals surface area contributed by atoms with Gasteiger partial charge in [-0.05, 0) is 12.1 Å². The fourth-order valence-corrected chi connectivity index (χ4v) is 2.63. The van der Waals surface area contributed by atoms with E-state index in [1.807, 2.05) is 18.2 Å². The van der Waals surface area contributed by atoms with Crippen molar-refractivity contribution in [1.82, 2.24) is 5.32 Å². The molecule has 2 rings (SSSR count). The molecule has 1 aliphatic heterocycles. The van der Waals surface area contributed by atoms with Gasteiger partial charge in [-0.15, -0.1) is 0 Å². The summed E-state index contributed by atoms with van der Waals surface area (Å²) < 4.78 is 0. The Labute approximate surface area is 97.7 Å². The van der Waals surface area contributed by atoms with Gasteiger partial charge in [-0.3, -0.25) is 4.79 Å². The number of carbonyl (C=O) groups excluding carboxylic acids is 1. The summed E-state index contributed by atoms with van der Waals surface area (Å²) in [5, 5.41) is 14.8. The third-order valence-electron chi connectivity index (χ3n) is 2.41. The minimum atomic E-state index is -0.150. The van der Waals surface area contributed by atoms with Crippen LogP contribution in [0.3, 0.4) is 0 Å². The number of nitrogens with one attached hydrogen (secondary N) is 1. The molecule has 0 saturated carbocycles. The van der Waals surface area contributed by atoms with Gasteiger partial charge in [0.1, 0.15) is 0 Å². The molecule has 5 heteroatoms. The molecule has 1 unspecified atom stereocenters. The van der Waals surface area contributed by atoms with Crippen LogP contribution in [0.4, 0.5) is 0 Å². The Balaban J connectivity index is 2.03. The van der Waals surface area contributed by atoms with Crippen LogP contribution < -0.4 is 5.32 Å². The molecule has 0 spiro atoms. The van der Waals surface area contributed by atoms with Crippen molar-refractivity contribution >= 4 is 23.4 Å². The zero-order valence-corrected chi connectivity index (χ0v) is 9.41. The maximum atomic E-state index is 11.8. The van der Waals surface area contributed by atoms with Crippen LogP contribution >= 0.6 is 11.8 Å². The van der Waals surface area contributed by atoms with Crippen molar-refractivity contribution in [2.24, 2.45) is 5.16 Å². The van der Waals surface area contributed by atoms with E-state index < -0.39 is 0 Å². The van der Waals surface area contributed by atoms with Crippen molar-refractivity contribution in [3.63, 3.8) is 0 Å². The lowest BCUT2D eigenvalue weighted by Gasteiger charge is -2.11. The molecule has 0 bridgehead atoms. The van der Waals surface area contributed by atoms with Gasteiger partial charge in [-0.2, -0.15) is 11.8 Å². The SMILES string of the molecule is O=C(NC1CSC/C1=N/O)c1ccccc1. The van der Waals surface area contributed by atoms with Crippen LogP contribution in [0.1, 0.15) is 10.4 Å². The first-order valence-electron chi connectivity index (χ1n) is 4.95. The molecule has 84 valence electrons. The Kier molecular flexibility index (Phi) is 3.46. The summed E-state index contributed by atoms with van der Waals surface area (Å²) in [5.74, 6) is 1.31. The lowest BCUT2D eigenvalue weighted by Crippen LogP contribution is -2.40. The van der Waals surface area contributed by atoms with Crippen molar-refractivity contribution in [2.75, 3.05) is 11.5 Å². The van der Waals surface area contributed by atoms with Crippen LogP contribution in [-0.2, 0) is 0 Å².